The Bertz CT molecular complexity index is 769. The molecule has 0 aliphatic carbocycles. The summed E-state index contributed by atoms with van der Waals surface area (Å²) in [6.07, 6.45) is 0. The Kier molecular flexibility index (Phi) is 10.5. The predicted octanol–water partition coefficient (Wildman–Crippen LogP) is 3.19. The van der Waals surface area contributed by atoms with E-state index in [1.54, 1.807) is 20.3 Å². The highest BCUT2D eigenvalue weighted by molar-refractivity contribution is 14.0. The Morgan fingerprint density at radius 2 is 1.86 bits per heavy atom. The van der Waals surface area contributed by atoms with Gasteiger partial charge < -0.3 is 30.2 Å². The first-order valence-corrected chi connectivity index (χ1v) is 8.67. The Morgan fingerprint density at radius 3 is 2.54 bits per heavy atom. The lowest BCUT2D eigenvalue weighted by Gasteiger charge is -2.12. The quantitative estimate of drug-likeness (QED) is 0.313. The van der Waals surface area contributed by atoms with Crippen LogP contribution in [0.5, 0.6) is 17.2 Å². The van der Waals surface area contributed by atoms with Gasteiger partial charge in [0.05, 0.1) is 26.5 Å². The van der Waals surface area contributed by atoms with Gasteiger partial charge in [0.15, 0.2) is 5.96 Å². The zero-order chi connectivity index (χ0) is 19.6. The van der Waals surface area contributed by atoms with Crippen molar-refractivity contribution in [3.05, 3.63) is 48.0 Å². The van der Waals surface area contributed by atoms with E-state index in [9.17, 15) is 0 Å². The zero-order valence-corrected chi connectivity index (χ0v) is 19.1. The smallest absolute Gasteiger partial charge is 0.193 e. The molecule has 0 fully saturated rings. The van der Waals surface area contributed by atoms with Crippen LogP contribution in [0.4, 0.5) is 5.69 Å². The highest BCUT2D eigenvalue weighted by Gasteiger charge is 2.06. The Labute approximate surface area is 183 Å². The number of hydrogen-bond donors (Lipinski definition) is 2. The molecule has 0 aliphatic heterocycles. The molecular formula is C20H29IN4O3. The first kappa shape index (κ1) is 23.8. The molecule has 0 amide bonds. The van der Waals surface area contributed by atoms with Crippen molar-refractivity contribution < 1.29 is 14.2 Å². The first-order chi connectivity index (χ1) is 13.0. The molecule has 0 unspecified atom stereocenters. The molecule has 7 nitrogen and oxygen atoms in total. The molecule has 0 aliphatic rings. The van der Waals surface area contributed by atoms with E-state index in [1.165, 1.54) is 0 Å². The maximum Gasteiger partial charge on any atom is 0.193 e. The van der Waals surface area contributed by atoms with Gasteiger partial charge in [0.25, 0.3) is 0 Å². The molecule has 2 aromatic rings. The number of halogens is 1. The number of nitrogens with one attached hydrogen (secondary N) is 1. The van der Waals surface area contributed by atoms with Crippen molar-refractivity contribution in [2.45, 2.75) is 6.54 Å². The molecule has 3 N–H and O–H groups in total. The lowest BCUT2D eigenvalue weighted by Crippen LogP contribution is -2.23. The molecule has 0 radical (unpaired) electrons. The molecule has 2 rings (SSSR count). The average Bonchev–Trinajstić information content (AvgIpc) is 2.66. The average molecular weight is 500 g/mol. The minimum absolute atomic E-state index is 0. The van der Waals surface area contributed by atoms with Crippen molar-refractivity contribution in [2.75, 3.05) is 46.8 Å². The van der Waals surface area contributed by atoms with Crippen molar-refractivity contribution in [1.82, 2.24) is 4.90 Å². The third kappa shape index (κ3) is 7.81. The van der Waals surface area contributed by atoms with Gasteiger partial charge in [-0.05, 0) is 43.9 Å². The molecule has 154 valence electrons. The molecule has 0 atom stereocenters. The molecular weight excluding hydrogens is 471 g/mol. The Morgan fingerprint density at radius 1 is 1.07 bits per heavy atom. The van der Waals surface area contributed by atoms with Gasteiger partial charge in [-0.15, -0.1) is 24.0 Å². The molecule has 8 heteroatoms. The molecule has 2 aromatic carbocycles. The topological polar surface area (TPSA) is 81.3 Å². The third-order valence-corrected chi connectivity index (χ3v) is 3.81. The third-order valence-electron chi connectivity index (χ3n) is 3.81. The van der Waals surface area contributed by atoms with Gasteiger partial charge in [-0.3, -0.25) is 0 Å². The molecule has 0 saturated carbocycles. The summed E-state index contributed by atoms with van der Waals surface area (Å²) in [5.74, 6) is 2.48. The lowest BCUT2D eigenvalue weighted by atomic mass is 10.2. The predicted molar refractivity (Wildman–Crippen MR) is 124 cm³/mol. The molecule has 0 spiro atoms. The SMILES string of the molecule is COc1ccc(OC)c(NC(N)=NCc2cccc(OCCN(C)C)c2)c1.I. The van der Waals surface area contributed by atoms with Crippen LogP contribution in [-0.2, 0) is 6.54 Å². The minimum atomic E-state index is 0. The second-order valence-electron chi connectivity index (χ2n) is 6.19. The number of nitrogens with two attached hydrogens (primary N) is 1. The van der Waals surface area contributed by atoms with Gasteiger partial charge in [-0.25, -0.2) is 4.99 Å². The van der Waals surface area contributed by atoms with Crippen LogP contribution in [0.1, 0.15) is 5.56 Å². The fourth-order valence-corrected chi connectivity index (χ4v) is 2.35. The van der Waals surface area contributed by atoms with Crippen molar-refractivity contribution in [1.29, 1.82) is 0 Å². The first-order valence-electron chi connectivity index (χ1n) is 8.67. The number of anilines is 1. The van der Waals surface area contributed by atoms with E-state index in [-0.39, 0.29) is 24.0 Å². The van der Waals surface area contributed by atoms with Gasteiger partial charge in [-0.1, -0.05) is 12.1 Å². The Hall–Kier alpha value is -2.20. The van der Waals surface area contributed by atoms with E-state index in [2.05, 4.69) is 15.2 Å². The van der Waals surface area contributed by atoms with Crippen molar-refractivity contribution in [2.24, 2.45) is 10.7 Å². The maximum atomic E-state index is 6.03. The number of guanidine groups is 1. The van der Waals surface area contributed by atoms with Crippen LogP contribution in [0.2, 0.25) is 0 Å². The largest absolute Gasteiger partial charge is 0.497 e. The zero-order valence-electron chi connectivity index (χ0n) is 16.8. The van der Waals surface area contributed by atoms with E-state index in [4.69, 9.17) is 19.9 Å². The fraction of sp³-hybridized carbons (Fsp3) is 0.350. The number of aliphatic imine (C=N–C) groups is 1. The van der Waals surface area contributed by atoms with E-state index in [0.717, 1.165) is 17.9 Å². The van der Waals surface area contributed by atoms with Crippen LogP contribution in [-0.4, -0.2) is 52.3 Å². The van der Waals surface area contributed by atoms with Gasteiger partial charge in [0, 0.05) is 12.6 Å². The number of benzene rings is 2. The van der Waals surface area contributed by atoms with Crippen molar-refractivity contribution in [3.8, 4) is 17.2 Å². The summed E-state index contributed by atoms with van der Waals surface area (Å²) in [7, 11) is 7.24. The van der Waals surface area contributed by atoms with Gasteiger partial charge in [0.2, 0.25) is 0 Å². The number of ether oxygens (including phenoxy) is 3. The summed E-state index contributed by atoms with van der Waals surface area (Å²) in [5.41, 5.74) is 7.73. The van der Waals surface area contributed by atoms with Crippen LogP contribution in [0.15, 0.2) is 47.5 Å². The summed E-state index contributed by atoms with van der Waals surface area (Å²) in [5, 5.41) is 3.05. The minimum Gasteiger partial charge on any atom is -0.497 e. The summed E-state index contributed by atoms with van der Waals surface area (Å²) in [6, 6.07) is 13.3. The van der Waals surface area contributed by atoms with Crippen LogP contribution in [0.25, 0.3) is 0 Å². The molecule has 0 bridgehead atoms. The van der Waals surface area contributed by atoms with Crippen LogP contribution in [0.3, 0.4) is 0 Å². The second-order valence-corrected chi connectivity index (χ2v) is 6.19. The summed E-state index contributed by atoms with van der Waals surface area (Å²) >= 11 is 0. The van der Waals surface area contributed by atoms with E-state index in [1.807, 2.05) is 50.5 Å². The highest BCUT2D eigenvalue weighted by atomic mass is 127. The molecule has 28 heavy (non-hydrogen) atoms. The number of hydrogen-bond acceptors (Lipinski definition) is 5. The van der Waals surface area contributed by atoms with Crippen LogP contribution < -0.4 is 25.3 Å². The van der Waals surface area contributed by atoms with Crippen LogP contribution >= 0.6 is 24.0 Å². The standard InChI is InChI=1S/C20H28N4O3.HI/c1-24(2)10-11-27-17-7-5-6-15(12-17)14-22-20(21)23-18-13-16(25-3)8-9-19(18)26-4;/h5-9,12-13H,10-11,14H2,1-4H3,(H3,21,22,23);1H. The molecule has 0 heterocycles. The van der Waals surface area contributed by atoms with E-state index in [0.29, 0.717) is 36.3 Å². The summed E-state index contributed by atoms with van der Waals surface area (Å²) in [6.45, 7) is 1.94. The van der Waals surface area contributed by atoms with Gasteiger partial charge in [0.1, 0.15) is 23.9 Å². The van der Waals surface area contributed by atoms with E-state index < -0.39 is 0 Å². The second kappa shape index (κ2) is 12.3. The molecule has 0 aromatic heterocycles. The fourth-order valence-electron chi connectivity index (χ4n) is 2.35. The van der Waals surface area contributed by atoms with Crippen molar-refractivity contribution >= 4 is 35.6 Å². The Balaban J connectivity index is 0.00000392. The van der Waals surface area contributed by atoms with Gasteiger partial charge in [-0.2, -0.15) is 0 Å². The lowest BCUT2D eigenvalue weighted by molar-refractivity contribution is 0.261. The van der Waals surface area contributed by atoms with Crippen molar-refractivity contribution in [3.63, 3.8) is 0 Å². The monoisotopic (exact) mass is 500 g/mol. The normalized spacial score (nSPS) is 11.0. The number of nitrogens with zero attached hydrogens (tertiary/aromatic N) is 2. The molecule has 0 saturated heterocycles. The maximum absolute atomic E-state index is 6.03. The summed E-state index contributed by atoms with van der Waals surface area (Å²) in [4.78, 5) is 6.47. The number of rotatable bonds is 9. The number of likely N-dealkylation sites (N-methyl/N-ethyl adjacent to an activating group) is 1. The van der Waals surface area contributed by atoms with Crippen LogP contribution in [0, 0.1) is 0 Å². The van der Waals surface area contributed by atoms with Gasteiger partial charge >= 0.3 is 0 Å². The summed E-state index contributed by atoms with van der Waals surface area (Å²) < 4.78 is 16.3. The highest BCUT2D eigenvalue weighted by Crippen LogP contribution is 2.28. The number of methoxy groups -OCH3 is 2. The van der Waals surface area contributed by atoms with E-state index >= 15 is 0 Å².